The van der Waals surface area contributed by atoms with E-state index in [1.54, 1.807) is 0 Å². The van der Waals surface area contributed by atoms with Crippen LogP contribution in [0.4, 0.5) is 5.69 Å². The summed E-state index contributed by atoms with van der Waals surface area (Å²) in [6.07, 6.45) is 0.475. The Morgan fingerprint density at radius 3 is 3.09 bits per heavy atom. The van der Waals surface area contributed by atoms with Crippen LogP contribution in [0.25, 0.3) is 0 Å². The highest BCUT2D eigenvalue weighted by molar-refractivity contribution is 5.94. The molecule has 54 valence electrons. The number of hydrogen-bond acceptors (Lipinski definition) is 2. The molecule has 0 spiro atoms. The average Bonchev–Trinajstić information content (AvgIpc) is 2.04. The molecule has 0 saturated heterocycles. The van der Waals surface area contributed by atoms with Gasteiger partial charge in [0, 0.05) is 12.1 Å². The van der Waals surface area contributed by atoms with Crippen molar-refractivity contribution in [3.05, 3.63) is 36.4 Å². The molecular weight excluding hydrogens is 138 g/mol. The highest BCUT2D eigenvalue weighted by atomic mass is 16.1. The molecule has 2 rings (SSSR count). The van der Waals surface area contributed by atoms with Crippen LogP contribution in [0.1, 0.15) is 5.56 Å². The van der Waals surface area contributed by atoms with Crippen molar-refractivity contribution in [3.63, 3.8) is 0 Å². The number of hydrogen-bond donors (Lipinski definition) is 1. The molecule has 1 aliphatic rings. The predicted molar refractivity (Wildman–Crippen MR) is 42.0 cm³/mol. The van der Waals surface area contributed by atoms with Crippen molar-refractivity contribution in [1.82, 2.24) is 0 Å². The first-order valence-corrected chi connectivity index (χ1v) is 3.49. The quantitative estimate of drug-likeness (QED) is 0.595. The summed E-state index contributed by atoms with van der Waals surface area (Å²) in [5.41, 5.74) is 2.04. The van der Waals surface area contributed by atoms with E-state index in [2.05, 4.69) is 11.9 Å². The molecule has 1 heterocycles. The van der Waals surface area contributed by atoms with E-state index in [1.807, 2.05) is 24.3 Å². The lowest BCUT2D eigenvalue weighted by atomic mass is 10.0. The highest BCUT2D eigenvalue weighted by Crippen LogP contribution is 2.20. The molecule has 11 heavy (non-hydrogen) atoms. The molecule has 2 nitrogen and oxygen atoms in total. The molecular formula is C9H7NO. The minimum absolute atomic E-state index is 0.0173. The Morgan fingerprint density at radius 2 is 2.18 bits per heavy atom. The zero-order valence-corrected chi connectivity index (χ0v) is 5.92. The predicted octanol–water partition coefficient (Wildman–Crippen LogP) is 1.26. The SMILES string of the molecule is O=C1[C]Nc2ccccc2C1. The summed E-state index contributed by atoms with van der Waals surface area (Å²) in [6.45, 7) is 2.55. The van der Waals surface area contributed by atoms with Crippen molar-refractivity contribution in [3.8, 4) is 0 Å². The Kier molecular flexibility index (Phi) is 1.39. The van der Waals surface area contributed by atoms with E-state index in [0.717, 1.165) is 11.3 Å². The van der Waals surface area contributed by atoms with Gasteiger partial charge in [0.15, 0.2) is 12.3 Å². The van der Waals surface area contributed by atoms with Gasteiger partial charge in [-0.15, -0.1) is 0 Å². The molecule has 0 amide bonds. The Bertz CT molecular complexity index is 293. The smallest absolute Gasteiger partial charge is 0.168 e. The van der Waals surface area contributed by atoms with Crippen LogP contribution >= 0.6 is 0 Å². The topological polar surface area (TPSA) is 29.1 Å². The molecule has 0 saturated carbocycles. The van der Waals surface area contributed by atoms with Crippen LogP contribution in [0, 0.1) is 6.54 Å². The van der Waals surface area contributed by atoms with Gasteiger partial charge in [0.05, 0.1) is 0 Å². The lowest BCUT2D eigenvalue weighted by Gasteiger charge is -2.14. The number of Topliss-reactive ketones (excluding diaryl/α,β-unsaturated/α-hetero) is 1. The maximum atomic E-state index is 10.9. The third kappa shape index (κ3) is 1.11. The molecule has 2 radical (unpaired) electrons. The summed E-state index contributed by atoms with van der Waals surface area (Å²) in [7, 11) is 0. The van der Waals surface area contributed by atoms with Crippen molar-refractivity contribution in [1.29, 1.82) is 0 Å². The number of fused-ring (bicyclic) bond motifs is 1. The highest BCUT2D eigenvalue weighted by Gasteiger charge is 2.14. The number of anilines is 1. The standard InChI is InChI=1S/C9H7NO/c11-8-5-7-3-1-2-4-9(7)10-6-8/h1-4,10H,5H2. The molecule has 0 bridgehead atoms. The van der Waals surface area contributed by atoms with Gasteiger partial charge in [-0.1, -0.05) is 18.2 Å². The van der Waals surface area contributed by atoms with Gasteiger partial charge in [-0.05, 0) is 11.6 Å². The molecule has 0 unspecified atom stereocenters. The van der Waals surface area contributed by atoms with E-state index in [4.69, 9.17) is 0 Å². The Morgan fingerprint density at radius 1 is 1.36 bits per heavy atom. The van der Waals surface area contributed by atoms with E-state index in [-0.39, 0.29) is 5.78 Å². The Balaban J connectivity index is 2.41. The van der Waals surface area contributed by atoms with Crippen molar-refractivity contribution >= 4 is 11.5 Å². The van der Waals surface area contributed by atoms with Crippen LogP contribution in [0.15, 0.2) is 24.3 Å². The van der Waals surface area contributed by atoms with Crippen LogP contribution in [0.5, 0.6) is 0 Å². The first-order chi connectivity index (χ1) is 5.36. The number of carbonyl (C=O) groups excluding carboxylic acids is 1. The van der Waals surface area contributed by atoms with Crippen LogP contribution in [0.2, 0.25) is 0 Å². The Hall–Kier alpha value is -1.31. The van der Waals surface area contributed by atoms with E-state index in [1.165, 1.54) is 0 Å². The molecule has 1 aromatic rings. The minimum Gasteiger partial charge on any atom is -0.368 e. The summed E-state index contributed by atoms with van der Waals surface area (Å²) in [5, 5.41) is 2.81. The van der Waals surface area contributed by atoms with Gasteiger partial charge in [-0.25, -0.2) is 0 Å². The number of benzene rings is 1. The van der Waals surface area contributed by atoms with Gasteiger partial charge in [0.25, 0.3) is 0 Å². The van der Waals surface area contributed by atoms with Gasteiger partial charge in [0.1, 0.15) is 0 Å². The largest absolute Gasteiger partial charge is 0.368 e. The maximum Gasteiger partial charge on any atom is 0.168 e. The second-order valence-corrected chi connectivity index (χ2v) is 2.51. The lowest BCUT2D eigenvalue weighted by molar-refractivity contribution is -0.115. The summed E-state index contributed by atoms with van der Waals surface area (Å²) in [6, 6.07) is 7.75. The van der Waals surface area contributed by atoms with E-state index in [9.17, 15) is 4.79 Å². The van der Waals surface area contributed by atoms with E-state index >= 15 is 0 Å². The van der Waals surface area contributed by atoms with Gasteiger partial charge in [-0.3, -0.25) is 4.79 Å². The van der Waals surface area contributed by atoms with Crippen LogP contribution in [-0.4, -0.2) is 5.78 Å². The fourth-order valence-electron chi connectivity index (χ4n) is 1.15. The number of rotatable bonds is 0. The zero-order chi connectivity index (χ0) is 7.68. The minimum atomic E-state index is 0.0173. The summed E-state index contributed by atoms with van der Waals surface area (Å²) >= 11 is 0. The molecule has 0 aliphatic carbocycles. The Labute approximate surface area is 65.2 Å². The molecule has 0 atom stereocenters. The van der Waals surface area contributed by atoms with E-state index in [0.29, 0.717) is 6.42 Å². The van der Waals surface area contributed by atoms with Crippen LogP contribution in [0.3, 0.4) is 0 Å². The third-order valence-electron chi connectivity index (χ3n) is 1.70. The number of nitrogens with one attached hydrogen (secondary N) is 1. The normalized spacial score (nSPS) is 15.5. The van der Waals surface area contributed by atoms with Gasteiger partial charge in [-0.2, -0.15) is 0 Å². The zero-order valence-electron chi connectivity index (χ0n) is 5.92. The van der Waals surface area contributed by atoms with Crippen molar-refractivity contribution in [2.75, 3.05) is 5.32 Å². The first-order valence-electron chi connectivity index (χ1n) is 3.49. The fraction of sp³-hybridized carbons (Fsp3) is 0.111. The average molecular weight is 145 g/mol. The number of ketones is 1. The van der Waals surface area contributed by atoms with Crippen LogP contribution < -0.4 is 5.32 Å². The fourth-order valence-corrected chi connectivity index (χ4v) is 1.15. The molecule has 1 aliphatic heterocycles. The molecule has 0 fully saturated rings. The van der Waals surface area contributed by atoms with E-state index < -0.39 is 0 Å². The lowest BCUT2D eigenvalue weighted by Crippen LogP contribution is -2.16. The summed E-state index contributed by atoms with van der Waals surface area (Å²) < 4.78 is 0. The molecule has 1 aromatic carbocycles. The molecule has 0 aromatic heterocycles. The van der Waals surface area contributed by atoms with Crippen molar-refractivity contribution in [2.24, 2.45) is 0 Å². The van der Waals surface area contributed by atoms with Gasteiger partial charge >= 0.3 is 0 Å². The second-order valence-electron chi connectivity index (χ2n) is 2.51. The number of para-hydroxylation sites is 1. The maximum absolute atomic E-state index is 10.9. The van der Waals surface area contributed by atoms with Crippen LogP contribution in [-0.2, 0) is 11.2 Å². The summed E-state index contributed by atoms with van der Waals surface area (Å²) in [4.78, 5) is 10.9. The van der Waals surface area contributed by atoms with Crippen molar-refractivity contribution in [2.45, 2.75) is 6.42 Å². The second kappa shape index (κ2) is 2.38. The molecule has 1 N–H and O–H groups in total. The van der Waals surface area contributed by atoms with Gasteiger partial charge in [0.2, 0.25) is 0 Å². The number of carbonyl (C=O) groups is 1. The third-order valence-corrected chi connectivity index (χ3v) is 1.70. The molecule has 2 heteroatoms. The first kappa shape index (κ1) is 6.40. The van der Waals surface area contributed by atoms with Crippen molar-refractivity contribution < 1.29 is 4.79 Å². The summed E-state index contributed by atoms with van der Waals surface area (Å²) in [5.74, 6) is 0.0173. The van der Waals surface area contributed by atoms with Gasteiger partial charge < -0.3 is 5.32 Å². The monoisotopic (exact) mass is 145 g/mol.